The zero-order valence-electron chi connectivity index (χ0n) is 23.0. The minimum Gasteiger partial charge on any atom is -0.376 e. The normalized spacial score (nSPS) is 13.3. The Hall–Kier alpha value is -3.61. The maximum Gasteiger partial charge on any atom is 0.260 e. The number of amidine groups is 1. The molecule has 0 saturated carbocycles. The summed E-state index contributed by atoms with van der Waals surface area (Å²) >= 11 is 0. The van der Waals surface area contributed by atoms with Crippen molar-refractivity contribution < 1.29 is 4.79 Å². The number of aromatic nitrogens is 2. The van der Waals surface area contributed by atoms with Crippen molar-refractivity contribution in [2.75, 3.05) is 20.1 Å². The fraction of sp³-hybridized carbons (Fsp3) is 0.433. The largest absolute Gasteiger partial charge is 0.376 e. The Morgan fingerprint density at radius 3 is 2.51 bits per heavy atom. The monoisotopic (exact) mass is 501 g/mol. The summed E-state index contributed by atoms with van der Waals surface area (Å²) < 4.78 is 3.86. The predicted molar refractivity (Wildman–Crippen MR) is 153 cm³/mol. The van der Waals surface area contributed by atoms with Crippen molar-refractivity contribution in [3.05, 3.63) is 58.0 Å². The molecule has 1 aromatic carbocycles. The van der Waals surface area contributed by atoms with Gasteiger partial charge >= 0.3 is 0 Å². The Morgan fingerprint density at radius 2 is 1.86 bits per heavy atom. The van der Waals surface area contributed by atoms with Gasteiger partial charge in [0.15, 0.2) is 0 Å². The lowest BCUT2D eigenvalue weighted by Crippen LogP contribution is -2.34. The number of aryl methyl sites for hydroxylation is 1. The second-order valence-electron chi connectivity index (χ2n) is 10.3. The first-order chi connectivity index (χ1) is 17.8. The van der Waals surface area contributed by atoms with Crippen LogP contribution in [0.5, 0.6) is 0 Å². The second-order valence-corrected chi connectivity index (χ2v) is 10.3. The topological polar surface area (TPSA) is 71.6 Å². The molecule has 0 atom stereocenters. The third kappa shape index (κ3) is 5.41. The van der Waals surface area contributed by atoms with Gasteiger partial charge in [0, 0.05) is 68.7 Å². The minimum atomic E-state index is 0.0353. The average Bonchev–Trinajstić information content (AvgIpc) is 3.09. The Labute approximate surface area is 219 Å². The highest BCUT2D eigenvalue weighted by Gasteiger charge is 2.22. The first-order valence-corrected chi connectivity index (χ1v) is 13.4. The van der Waals surface area contributed by atoms with Crippen LogP contribution in [0.25, 0.3) is 28.2 Å². The standard InChI is InChI=1S/C30H39N5O2/c1-7-12-34(13-8-2)29(36)23-15-21-9-10-22(16-25(21)32-28(17-23)31-5)27-18-24-26(33(27)6)11-14-35(30(24)37)19-20(3)4/h9-11,14-16,18,20H,7-8,12-13,17,19H2,1-6H3,(H,31,32). The molecule has 0 bridgehead atoms. The van der Waals surface area contributed by atoms with Crippen LogP contribution in [-0.2, 0) is 18.4 Å². The van der Waals surface area contributed by atoms with Crippen molar-refractivity contribution in [3.8, 4) is 11.3 Å². The zero-order chi connectivity index (χ0) is 26.7. The summed E-state index contributed by atoms with van der Waals surface area (Å²) in [6, 6.07) is 10.1. The molecule has 0 radical (unpaired) electrons. The second kappa shape index (κ2) is 11.2. The lowest BCUT2D eigenvalue weighted by atomic mass is 10.0. The van der Waals surface area contributed by atoms with E-state index in [1.165, 1.54) is 0 Å². The van der Waals surface area contributed by atoms with Crippen LogP contribution < -0.4 is 10.9 Å². The van der Waals surface area contributed by atoms with Crippen LogP contribution in [0.4, 0.5) is 5.69 Å². The van der Waals surface area contributed by atoms with E-state index in [1.807, 2.05) is 61.6 Å². The lowest BCUT2D eigenvalue weighted by molar-refractivity contribution is -0.127. The number of benzene rings is 1. The van der Waals surface area contributed by atoms with E-state index in [4.69, 9.17) is 4.99 Å². The van der Waals surface area contributed by atoms with Crippen LogP contribution in [0.2, 0.25) is 0 Å². The Balaban J connectivity index is 1.77. The molecule has 3 heterocycles. The van der Waals surface area contributed by atoms with Crippen LogP contribution in [0.3, 0.4) is 0 Å². The van der Waals surface area contributed by atoms with Crippen LogP contribution in [0.15, 0.2) is 51.9 Å². The molecule has 7 heteroatoms. The van der Waals surface area contributed by atoms with Gasteiger partial charge in [-0.1, -0.05) is 39.8 Å². The van der Waals surface area contributed by atoms with E-state index in [2.05, 4.69) is 37.6 Å². The van der Waals surface area contributed by atoms with Gasteiger partial charge in [0.05, 0.1) is 16.6 Å². The highest BCUT2D eigenvalue weighted by atomic mass is 16.2. The van der Waals surface area contributed by atoms with Gasteiger partial charge in [0.1, 0.15) is 5.84 Å². The summed E-state index contributed by atoms with van der Waals surface area (Å²) in [4.78, 5) is 33.4. The van der Waals surface area contributed by atoms with Crippen molar-refractivity contribution in [1.82, 2.24) is 19.4 Å². The quantitative estimate of drug-likeness (QED) is 0.452. The van der Waals surface area contributed by atoms with E-state index in [1.54, 1.807) is 4.57 Å². The molecule has 3 aromatic rings. The fourth-order valence-corrected chi connectivity index (χ4v) is 5.05. The van der Waals surface area contributed by atoms with Gasteiger partial charge in [-0.05, 0) is 43.0 Å². The summed E-state index contributed by atoms with van der Waals surface area (Å²) in [5, 5.41) is 3.90. The Bertz CT molecular complexity index is 1420. The number of aliphatic imine (C=N–C) groups is 1. The van der Waals surface area contributed by atoms with Crippen molar-refractivity contribution >= 4 is 34.4 Å². The fourth-order valence-electron chi connectivity index (χ4n) is 5.05. The van der Waals surface area contributed by atoms with Gasteiger partial charge in [-0.25, -0.2) is 4.99 Å². The van der Waals surface area contributed by atoms with Gasteiger partial charge in [0.2, 0.25) is 5.91 Å². The van der Waals surface area contributed by atoms with Gasteiger partial charge in [0.25, 0.3) is 5.56 Å². The molecule has 4 rings (SSSR count). The zero-order valence-corrected chi connectivity index (χ0v) is 23.0. The van der Waals surface area contributed by atoms with Crippen molar-refractivity contribution in [2.24, 2.45) is 18.0 Å². The predicted octanol–water partition coefficient (Wildman–Crippen LogP) is 5.35. The summed E-state index contributed by atoms with van der Waals surface area (Å²) in [6.45, 7) is 10.6. The molecule has 37 heavy (non-hydrogen) atoms. The number of hydrogen-bond acceptors (Lipinski definition) is 4. The molecule has 0 fully saturated rings. The van der Waals surface area contributed by atoms with Crippen molar-refractivity contribution in [1.29, 1.82) is 0 Å². The van der Waals surface area contributed by atoms with E-state index in [9.17, 15) is 9.59 Å². The number of amides is 1. The van der Waals surface area contributed by atoms with E-state index in [0.717, 1.165) is 70.8 Å². The van der Waals surface area contributed by atoms with Crippen LogP contribution in [0.1, 0.15) is 52.5 Å². The van der Waals surface area contributed by atoms with Crippen LogP contribution in [-0.4, -0.2) is 45.9 Å². The molecule has 0 saturated heterocycles. The molecule has 0 unspecified atom stereocenters. The number of fused-ring (bicyclic) bond motifs is 2. The highest BCUT2D eigenvalue weighted by Crippen LogP contribution is 2.34. The SMILES string of the molecule is CCCN(CCC)C(=O)C1=Cc2ccc(-c3cc4c(=O)n(CC(C)C)ccc4n3C)cc2N=C(NC)C1. The Kier molecular flexibility index (Phi) is 8.00. The van der Waals surface area contributed by atoms with E-state index in [-0.39, 0.29) is 11.5 Å². The van der Waals surface area contributed by atoms with Crippen molar-refractivity contribution in [3.63, 3.8) is 0 Å². The van der Waals surface area contributed by atoms with Crippen LogP contribution in [0, 0.1) is 5.92 Å². The smallest absolute Gasteiger partial charge is 0.260 e. The molecular weight excluding hydrogens is 462 g/mol. The molecule has 1 amide bonds. The Morgan fingerprint density at radius 1 is 1.14 bits per heavy atom. The van der Waals surface area contributed by atoms with Gasteiger partial charge in [-0.2, -0.15) is 0 Å². The molecule has 1 aliphatic rings. The maximum absolute atomic E-state index is 13.4. The number of nitrogens with zero attached hydrogens (tertiary/aromatic N) is 4. The summed E-state index contributed by atoms with van der Waals surface area (Å²) in [5.74, 6) is 1.23. The summed E-state index contributed by atoms with van der Waals surface area (Å²) in [5.41, 5.74) is 5.36. The molecule has 196 valence electrons. The number of pyridine rings is 1. The van der Waals surface area contributed by atoms with E-state index < -0.39 is 0 Å². The number of nitrogens with one attached hydrogen (secondary N) is 1. The average molecular weight is 502 g/mol. The third-order valence-electron chi connectivity index (χ3n) is 6.85. The van der Waals surface area contributed by atoms with E-state index in [0.29, 0.717) is 18.9 Å². The number of carbonyl (C=O) groups is 1. The first-order valence-electron chi connectivity index (χ1n) is 13.4. The molecule has 0 spiro atoms. The van der Waals surface area contributed by atoms with Gasteiger partial charge in [-0.15, -0.1) is 0 Å². The number of carbonyl (C=O) groups excluding carboxylic acids is 1. The van der Waals surface area contributed by atoms with E-state index >= 15 is 0 Å². The third-order valence-corrected chi connectivity index (χ3v) is 6.85. The maximum atomic E-state index is 13.4. The molecule has 1 aliphatic heterocycles. The highest BCUT2D eigenvalue weighted by molar-refractivity contribution is 6.06. The van der Waals surface area contributed by atoms with Gasteiger partial charge in [-0.3, -0.25) is 9.59 Å². The summed E-state index contributed by atoms with van der Waals surface area (Å²) in [7, 11) is 3.84. The molecule has 2 aromatic heterocycles. The van der Waals surface area contributed by atoms with Crippen LogP contribution >= 0.6 is 0 Å². The molecule has 7 nitrogen and oxygen atoms in total. The van der Waals surface area contributed by atoms with Gasteiger partial charge < -0.3 is 19.4 Å². The molecule has 0 aliphatic carbocycles. The number of hydrogen-bond donors (Lipinski definition) is 1. The lowest BCUT2D eigenvalue weighted by Gasteiger charge is -2.23. The number of rotatable bonds is 8. The van der Waals surface area contributed by atoms with Crippen molar-refractivity contribution in [2.45, 2.75) is 53.5 Å². The summed E-state index contributed by atoms with van der Waals surface area (Å²) in [6.07, 6.45) is 6.20. The molecule has 1 N–H and O–H groups in total. The minimum absolute atomic E-state index is 0.0353. The first kappa shape index (κ1) is 26.5. The molecular formula is C30H39N5O2.